The van der Waals surface area contributed by atoms with Crippen molar-refractivity contribution in [1.82, 2.24) is 5.32 Å². The predicted octanol–water partition coefficient (Wildman–Crippen LogP) is 3.73. The Balaban J connectivity index is 2.08. The van der Waals surface area contributed by atoms with Gasteiger partial charge in [0.15, 0.2) is 0 Å². The van der Waals surface area contributed by atoms with E-state index in [9.17, 15) is 4.79 Å². The van der Waals surface area contributed by atoms with Gasteiger partial charge in [-0.1, -0.05) is 44.2 Å². The number of allylic oxidation sites excluding steroid dienone is 3. The van der Waals surface area contributed by atoms with Crippen LogP contribution in [0.25, 0.3) is 5.57 Å². The second kappa shape index (κ2) is 6.56. The Labute approximate surface area is 121 Å². The van der Waals surface area contributed by atoms with Gasteiger partial charge in [-0.15, -0.1) is 0 Å². The maximum atomic E-state index is 11.7. The largest absolute Gasteiger partial charge is 0.352 e. The molecule has 1 amide bonds. The van der Waals surface area contributed by atoms with Crippen LogP contribution in [0.5, 0.6) is 0 Å². The number of benzene rings is 1. The van der Waals surface area contributed by atoms with Gasteiger partial charge in [0.25, 0.3) is 0 Å². The number of carbonyl (C=O) groups is 1. The molecule has 2 heteroatoms. The van der Waals surface area contributed by atoms with Crippen molar-refractivity contribution >= 4 is 11.5 Å². The molecule has 0 radical (unpaired) electrons. The highest BCUT2D eigenvalue weighted by Crippen LogP contribution is 2.31. The molecule has 0 aromatic heterocycles. The molecule has 1 N–H and O–H groups in total. The van der Waals surface area contributed by atoms with Crippen molar-refractivity contribution in [2.75, 3.05) is 6.54 Å². The summed E-state index contributed by atoms with van der Waals surface area (Å²) in [6, 6.07) is 8.52. The minimum Gasteiger partial charge on any atom is -0.352 e. The first-order chi connectivity index (χ1) is 9.58. The van der Waals surface area contributed by atoms with E-state index in [0.29, 0.717) is 5.92 Å². The van der Waals surface area contributed by atoms with Crippen molar-refractivity contribution in [3.05, 3.63) is 53.1 Å². The average molecular weight is 269 g/mol. The van der Waals surface area contributed by atoms with E-state index in [1.165, 1.54) is 22.3 Å². The summed E-state index contributed by atoms with van der Waals surface area (Å²) in [7, 11) is 0. The van der Waals surface area contributed by atoms with Gasteiger partial charge in [-0.25, -0.2) is 0 Å². The van der Waals surface area contributed by atoms with Crippen molar-refractivity contribution in [3.63, 3.8) is 0 Å². The van der Waals surface area contributed by atoms with Crippen LogP contribution in [-0.2, 0) is 11.2 Å². The lowest BCUT2D eigenvalue weighted by molar-refractivity contribution is -0.116. The fraction of sp³-hybridized carbons (Fsp3) is 0.389. The fourth-order valence-electron chi connectivity index (χ4n) is 2.48. The monoisotopic (exact) mass is 269 g/mol. The number of amides is 1. The first-order valence-electron chi connectivity index (χ1n) is 7.32. The van der Waals surface area contributed by atoms with Gasteiger partial charge in [-0.3, -0.25) is 4.79 Å². The minimum atomic E-state index is -0.00198. The zero-order chi connectivity index (χ0) is 14.5. The molecule has 0 bridgehead atoms. The van der Waals surface area contributed by atoms with Crippen LogP contribution in [0.1, 0.15) is 38.3 Å². The molecule has 20 heavy (non-hydrogen) atoms. The Kier molecular flexibility index (Phi) is 4.78. The Morgan fingerprint density at radius 2 is 2.05 bits per heavy atom. The molecule has 0 fully saturated rings. The highest BCUT2D eigenvalue weighted by Gasteiger charge is 2.13. The van der Waals surface area contributed by atoms with Crippen LogP contribution in [0.2, 0.25) is 0 Å². The Morgan fingerprint density at radius 3 is 2.80 bits per heavy atom. The van der Waals surface area contributed by atoms with E-state index in [1.54, 1.807) is 6.08 Å². The van der Waals surface area contributed by atoms with E-state index in [0.717, 1.165) is 19.4 Å². The molecule has 1 aliphatic carbocycles. The van der Waals surface area contributed by atoms with Gasteiger partial charge in [0.05, 0.1) is 0 Å². The summed E-state index contributed by atoms with van der Waals surface area (Å²) in [5, 5.41) is 2.91. The summed E-state index contributed by atoms with van der Waals surface area (Å²) in [5.74, 6) is 0.479. The quantitative estimate of drug-likeness (QED) is 0.829. The highest BCUT2D eigenvalue weighted by atomic mass is 16.1. The van der Waals surface area contributed by atoms with Crippen LogP contribution in [-0.4, -0.2) is 12.5 Å². The van der Waals surface area contributed by atoms with Crippen molar-refractivity contribution in [2.24, 2.45) is 5.92 Å². The Bertz CT molecular complexity index is 552. The Hall–Kier alpha value is -1.83. The molecule has 0 spiro atoms. The first-order valence-corrected chi connectivity index (χ1v) is 7.32. The number of fused-ring (bicyclic) bond motifs is 1. The fourth-order valence-corrected chi connectivity index (χ4v) is 2.48. The molecule has 0 heterocycles. The molecule has 1 aromatic carbocycles. The molecule has 2 rings (SSSR count). The number of carbonyl (C=O) groups excluding carboxylic acids is 1. The molecule has 0 atom stereocenters. The van der Waals surface area contributed by atoms with Crippen LogP contribution in [0.4, 0.5) is 0 Å². The summed E-state index contributed by atoms with van der Waals surface area (Å²) < 4.78 is 0. The lowest BCUT2D eigenvalue weighted by Crippen LogP contribution is -2.25. The van der Waals surface area contributed by atoms with Gasteiger partial charge >= 0.3 is 0 Å². The maximum absolute atomic E-state index is 11.7. The zero-order valence-corrected chi connectivity index (χ0v) is 12.6. The van der Waals surface area contributed by atoms with E-state index in [-0.39, 0.29) is 5.91 Å². The normalized spacial score (nSPS) is 14.8. The molecular formula is C18H23NO. The van der Waals surface area contributed by atoms with Crippen molar-refractivity contribution in [1.29, 1.82) is 0 Å². The smallest absolute Gasteiger partial charge is 0.243 e. The lowest BCUT2D eigenvalue weighted by atomic mass is 9.86. The van der Waals surface area contributed by atoms with Gasteiger partial charge in [0.2, 0.25) is 5.91 Å². The third-order valence-corrected chi connectivity index (χ3v) is 3.69. The van der Waals surface area contributed by atoms with E-state index < -0.39 is 0 Å². The zero-order valence-electron chi connectivity index (χ0n) is 12.6. The van der Waals surface area contributed by atoms with Gasteiger partial charge in [-0.2, -0.15) is 0 Å². The molecule has 0 saturated heterocycles. The van der Waals surface area contributed by atoms with Crippen molar-refractivity contribution in [2.45, 2.75) is 33.6 Å². The van der Waals surface area contributed by atoms with Gasteiger partial charge in [-0.05, 0) is 48.0 Å². The summed E-state index contributed by atoms with van der Waals surface area (Å²) in [6.45, 7) is 7.05. The standard InChI is InChI=1S/C18H23NO/c1-13(2)12-19-18(20)11-10-15-8-9-16-6-4-5-7-17(16)14(15)3/h4-7,10-11,13H,8-9,12H2,1-3H3,(H,19,20). The van der Waals surface area contributed by atoms with E-state index >= 15 is 0 Å². The summed E-state index contributed by atoms with van der Waals surface area (Å²) in [4.78, 5) is 11.7. The molecule has 0 aliphatic heterocycles. The number of nitrogens with one attached hydrogen (secondary N) is 1. The van der Waals surface area contributed by atoms with Crippen LogP contribution in [0.15, 0.2) is 42.0 Å². The number of hydrogen-bond donors (Lipinski definition) is 1. The number of rotatable bonds is 4. The molecule has 2 nitrogen and oxygen atoms in total. The highest BCUT2D eigenvalue weighted by molar-refractivity contribution is 5.88. The van der Waals surface area contributed by atoms with Crippen molar-refractivity contribution in [3.8, 4) is 0 Å². The van der Waals surface area contributed by atoms with Gasteiger partial charge in [0, 0.05) is 12.6 Å². The molecule has 106 valence electrons. The second-order valence-electron chi connectivity index (χ2n) is 5.78. The van der Waals surface area contributed by atoms with Crippen LogP contribution in [0, 0.1) is 5.92 Å². The van der Waals surface area contributed by atoms with Crippen molar-refractivity contribution < 1.29 is 4.79 Å². The SMILES string of the molecule is CC1=C(C=CC(=O)NCC(C)C)CCc2ccccc21. The average Bonchev–Trinajstić information content (AvgIpc) is 2.44. The van der Waals surface area contributed by atoms with Crippen LogP contribution in [0.3, 0.4) is 0 Å². The summed E-state index contributed by atoms with van der Waals surface area (Å²) in [6.07, 6.45) is 5.70. The predicted molar refractivity (Wildman–Crippen MR) is 84.3 cm³/mol. The molecule has 1 aliphatic rings. The second-order valence-corrected chi connectivity index (χ2v) is 5.78. The minimum absolute atomic E-state index is 0.00198. The summed E-state index contributed by atoms with van der Waals surface area (Å²) in [5.41, 5.74) is 5.29. The van der Waals surface area contributed by atoms with Crippen LogP contribution >= 0.6 is 0 Å². The van der Waals surface area contributed by atoms with E-state index in [1.807, 2.05) is 6.08 Å². The Morgan fingerprint density at radius 1 is 1.30 bits per heavy atom. The van der Waals surface area contributed by atoms with Gasteiger partial charge < -0.3 is 5.32 Å². The lowest BCUT2D eigenvalue weighted by Gasteiger charge is -2.19. The number of hydrogen-bond acceptors (Lipinski definition) is 1. The summed E-state index contributed by atoms with van der Waals surface area (Å²) >= 11 is 0. The maximum Gasteiger partial charge on any atom is 0.243 e. The third-order valence-electron chi connectivity index (χ3n) is 3.69. The van der Waals surface area contributed by atoms with Crippen LogP contribution < -0.4 is 5.32 Å². The topological polar surface area (TPSA) is 29.1 Å². The first kappa shape index (κ1) is 14.6. The van der Waals surface area contributed by atoms with E-state index in [4.69, 9.17) is 0 Å². The van der Waals surface area contributed by atoms with Gasteiger partial charge in [0.1, 0.15) is 0 Å². The van der Waals surface area contributed by atoms with E-state index in [2.05, 4.69) is 50.4 Å². The molecule has 0 saturated carbocycles. The molecular weight excluding hydrogens is 246 g/mol. The molecule has 1 aromatic rings. The third kappa shape index (κ3) is 3.60. The molecule has 0 unspecified atom stereocenters. The number of aryl methyl sites for hydroxylation is 1.